The highest BCUT2D eigenvalue weighted by atomic mass is 16.5. The standard InChI is InChI=1S/C16H22N4O5/c21-14(17-3-4-19-5-8-24-9-6-19)10-13-15(22)20(16(23)18-13)11-12-2-1-7-25-12/h1-2,7,13H,3-6,8-11H2,(H,17,21)(H,18,23). The summed E-state index contributed by atoms with van der Waals surface area (Å²) >= 11 is 0. The summed E-state index contributed by atoms with van der Waals surface area (Å²) in [5.41, 5.74) is 0. The zero-order chi connectivity index (χ0) is 17.6. The Morgan fingerprint density at radius 1 is 1.32 bits per heavy atom. The maximum absolute atomic E-state index is 12.3. The van der Waals surface area contributed by atoms with Crippen LogP contribution in [0.3, 0.4) is 0 Å². The Morgan fingerprint density at radius 3 is 2.84 bits per heavy atom. The number of imide groups is 1. The molecule has 0 radical (unpaired) electrons. The largest absolute Gasteiger partial charge is 0.467 e. The molecule has 3 rings (SSSR count). The number of carbonyl (C=O) groups excluding carboxylic acids is 3. The number of rotatable bonds is 7. The zero-order valence-corrected chi connectivity index (χ0v) is 13.9. The van der Waals surface area contributed by atoms with Crippen LogP contribution in [0.5, 0.6) is 0 Å². The number of amides is 4. The summed E-state index contributed by atoms with van der Waals surface area (Å²) in [4.78, 5) is 39.5. The Balaban J connectivity index is 1.42. The van der Waals surface area contributed by atoms with Gasteiger partial charge in [-0.2, -0.15) is 0 Å². The zero-order valence-electron chi connectivity index (χ0n) is 13.9. The highest BCUT2D eigenvalue weighted by molar-refractivity contribution is 6.05. The van der Waals surface area contributed by atoms with Crippen LogP contribution in [0.4, 0.5) is 4.79 Å². The van der Waals surface area contributed by atoms with Gasteiger partial charge in [-0.15, -0.1) is 0 Å². The normalized spacial score (nSPS) is 21.4. The molecule has 2 saturated heterocycles. The lowest BCUT2D eigenvalue weighted by atomic mass is 10.2. The minimum Gasteiger partial charge on any atom is -0.467 e. The van der Waals surface area contributed by atoms with Gasteiger partial charge < -0.3 is 19.8 Å². The summed E-state index contributed by atoms with van der Waals surface area (Å²) in [6.07, 6.45) is 1.41. The molecule has 0 aromatic carbocycles. The van der Waals surface area contributed by atoms with Gasteiger partial charge in [0.25, 0.3) is 5.91 Å². The predicted molar refractivity (Wildman–Crippen MR) is 86.5 cm³/mol. The van der Waals surface area contributed by atoms with E-state index >= 15 is 0 Å². The van der Waals surface area contributed by atoms with E-state index in [2.05, 4.69) is 15.5 Å². The van der Waals surface area contributed by atoms with E-state index in [4.69, 9.17) is 9.15 Å². The molecule has 2 aliphatic heterocycles. The number of hydrogen-bond acceptors (Lipinski definition) is 6. The van der Waals surface area contributed by atoms with Crippen LogP contribution in [0, 0.1) is 0 Å². The molecular weight excluding hydrogens is 328 g/mol. The van der Waals surface area contributed by atoms with Gasteiger partial charge in [0, 0.05) is 26.2 Å². The van der Waals surface area contributed by atoms with Crippen LogP contribution in [-0.4, -0.2) is 73.1 Å². The molecule has 1 atom stereocenters. The van der Waals surface area contributed by atoms with Gasteiger partial charge in [-0.3, -0.25) is 19.4 Å². The highest BCUT2D eigenvalue weighted by Gasteiger charge is 2.39. The van der Waals surface area contributed by atoms with Gasteiger partial charge in [-0.25, -0.2) is 4.79 Å². The fourth-order valence-corrected chi connectivity index (χ4v) is 2.86. The van der Waals surface area contributed by atoms with Crippen molar-refractivity contribution in [3.63, 3.8) is 0 Å². The molecule has 25 heavy (non-hydrogen) atoms. The highest BCUT2D eigenvalue weighted by Crippen LogP contribution is 2.14. The van der Waals surface area contributed by atoms with Gasteiger partial charge in [0.2, 0.25) is 5.91 Å². The average Bonchev–Trinajstić information content (AvgIpc) is 3.20. The maximum atomic E-state index is 12.3. The van der Waals surface area contributed by atoms with Crippen molar-refractivity contribution in [3.05, 3.63) is 24.2 Å². The van der Waals surface area contributed by atoms with Crippen LogP contribution in [0.1, 0.15) is 12.2 Å². The lowest BCUT2D eigenvalue weighted by Crippen LogP contribution is -2.42. The van der Waals surface area contributed by atoms with E-state index in [0.29, 0.717) is 25.5 Å². The van der Waals surface area contributed by atoms with Crippen LogP contribution in [0.25, 0.3) is 0 Å². The van der Waals surface area contributed by atoms with Gasteiger partial charge in [-0.05, 0) is 12.1 Å². The van der Waals surface area contributed by atoms with Gasteiger partial charge >= 0.3 is 6.03 Å². The molecule has 0 saturated carbocycles. The average molecular weight is 350 g/mol. The summed E-state index contributed by atoms with van der Waals surface area (Å²) in [5.74, 6) is -0.157. The van der Waals surface area contributed by atoms with Crippen molar-refractivity contribution in [2.75, 3.05) is 39.4 Å². The van der Waals surface area contributed by atoms with E-state index in [0.717, 1.165) is 24.5 Å². The smallest absolute Gasteiger partial charge is 0.325 e. The molecule has 2 aliphatic rings. The Labute approximate surface area is 145 Å². The second-order valence-corrected chi connectivity index (χ2v) is 6.01. The molecule has 9 heteroatoms. The number of hydrogen-bond donors (Lipinski definition) is 2. The third-order valence-corrected chi connectivity index (χ3v) is 4.24. The Bertz CT molecular complexity index is 612. The molecule has 2 N–H and O–H groups in total. The van der Waals surface area contributed by atoms with Gasteiger partial charge in [0.1, 0.15) is 11.8 Å². The SMILES string of the molecule is O=C(CC1NC(=O)N(Cc2ccco2)C1=O)NCCN1CCOCC1. The molecule has 0 bridgehead atoms. The Hall–Kier alpha value is -2.39. The first-order valence-corrected chi connectivity index (χ1v) is 8.34. The quantitative estimate of drug-likeness (QED) is 0.645. The molecule has 2 fully saturated rings. The Kier molecular flexibility index (Phi) is 5.67. The first-order chi connectivity index (χ1) is 12.1. The molecule has 1 aromatic rings. The lowest BCUT2D eigenvalue weighted by Gasteiger charge is -2.26. The fraction of sp³-hybridized carbons (Fsp3) is 0.562. The number of nitrogens with one attached hydrogen (secondary N) is 2. The van der Waals surface area contributed by atoms with Crippen LogP contribution >= 0.6 is 0 Å². The minimum atomic E-state index is -0.828. The summed E-state index contributed by atoms with van der Waals surface area (Å²) in [6.45, 7) is 4.44. The van der Waals surface area contributed by atoms with Crippen molar-refractivity contribution in [1.82, 2.24) is 20.4 Å². The van der Waals surface area contributed by atoms with E-state index in [-0.39, 0.29) is 18.9 Å². The molecule has 9 nitrogen and oxygen atoms in total. The van der Waals surface area contributed by atoms with Gasteiger partial charge in [0.15, 0.2) is 0 Å². The van der Waals surface area contributed by atoms with Crippen molar-refractivity contribution < 1.29 is 23.5 Å². The monoisotopic (exact) mass is 350 g/mol. The number of carbonyl (C=O) groups is 3. The van der Waals surface area contributed by atoms with Gasteiger partial charge in [0.05, 0.1) is 32.4 Å². The second-order valence-electron chi connectivity index (χ2n) is 6.01. The van der Waals surface area contributed by atoms with Crippen molar-refractivity contribution in [2.24, 2.45) is 0 Å². The lowest BCUT2D eigenvalue weighted by molar-refractivity contribution is -0.131. The number of ether oxygens (including phenoxy) is 1. The van der Waals surface area contributed by atoms with E-state index in [1.165, 1.54) is 6.26 Å². The van der Waals surface area contributed by atoms with Crippen molar-refractivity contribution >= 4 is 17.8 Å². The van der Waals surface area contributed by atoms with Crippen molar-refractivity contribution in [2.45, 2.75) is 19.0 Å². The number of morpholine rings is 1. The summed E-state index contributed by atoms with van der Waals surface area (Å²) in [5, 5.41) is 5.34. The number of urea groups is 1. The molecule has 3 heterocycles. The van der Waals surface area contributed by atoms with E-state index in [9.17, 15) is 14.4 Å². The first kappa shape index (κ1) is 17.4. The van der Waals surface area contributed by atoms with E-state index < -0.39 is 18.0 Å². The van der Waals surface area contributed by atoms with Crippen LogP contribution in [-0.2, 0) is 20.9 Å². The fourth-order valence-electron chi connectivity index (χ4n) is 2.86. The predicted octanol–water partition coefficient (Wildman–Crippen LogP) is -0.461. The summed E-state index contributed by atoms with van der Waals surface area (Å²) in [7, 11) is 0. The molecular formula is C16H22N4O5. The van der Waals surface area contributed by atoms with Crippen molar-refractivity contribution in [1.29, 1.82) is 0 Å². The Morgan fingerprint density at radius 2 is 2.12 bits per heavy atom. The van der Waals surface area contributed by atoms with Crippen molar-refractivity contribution in [3.8, 4) is 0 Å². The second kappa shape index (κ2) is 8.13. The molecule has 0 spiro atoms. The minimum absolute atomic E-state index is 0.0623. The number of furan rings is 1. The maximum Gasteiger partial charge on any atom is 0.325 e. The van der Waals surface area contributed by atoms with E-state index in [1.54, 1.807) is 12.1 Å². The molecule has 0 aliphatic carbocycles. The third kappa shape index (κ3) is 4.58. The van der Waals surface area contributed by atoms with Crippen LogP contribution in [0.15, 0.2) is 22.8 Å². The molecule has 4 amide bonds. The first-order valence-electron chi connectivity index (χ1n) is 8.34. The van der Waals surface area contributed by atoms with Crippen LogP contribution in [0.2, 0.25) is 0 Å². The summed E-state index contributed by atoms with van der Waals surface area (Å²) < 4.78 is 10.4. The topological polar surface area (TPSA) is 104 Å². The molecule has 1 unspecified atom stereocenters. The van der Waals surface area contributed by atoms with Crippen LogP contribution < -0.4 is 10.6 Å². The van der Waals surface area contributed by atoms with Gasteiger partial charge in [-0.1, -0.05) is 0 Å². The molecule has 1 aromatic heterocycles. The van der Waals surface area contributed by atoms with E-state index in [1.807, 2.05) is 0 Å². The number of nitrogens with zero attached hydrogens (tertiary/aromatic N) is 2. The summed E-state index contributed by atoms with van der Waals surface area (Å²) in [6, 6.07) is 2.04. The third-order valence-electron chi connectivity index (χ3n) is 4.24. The molecule has 136 valence electrons.